The number of benzene rings is 2. The Bertz CT molecular complexity index is 1100. The average molecular weight is 488 g/mol. The minimum atomic E-state index is -1.13. The summed E-state index contributed by atoms with van der Waals surface area (Å²) in [7, 11) is 1.35. The summed E-state index contributed by atoms with van der Waals surface area (Å²) in [4.78, 5) is 28.9. The van der Waals surface area contributed by atoms with Crippen LogP contribution in [0.1, 0.15) is 18.4 Å². The summed E-state index contributed by atoms with van der Waals surface area (Å²) in [5.74, 6) is -0.816. The van der Waals surface area contributed by atoms with Crippen molar-refractivity contribution in [3.05, 3.63) is 89.5 Å². The van der Waals surface area contributed by atoms with Crippen molar-refractivity contribution in [2.24, 2.45) is 0 Å². The maximum atomic E-state index is 13.4. The monoisotopic (exact) mass is 487 g/mol. The molecular formula is C29H33N3O4. The number of amides is 1. The van der Waals surface area contributed by atoms with Crippen LogP contribution in [0, 0.1) is 0 Å². The average Bonchev–Trinajstić information content (AvgIpc) is 3.66. The van der Waals surface area contributed by atoms with E-state index in [9.17, 15) is 9.59 Å². The molecule has 36 heavy (non-hydrogen) atoms. The molecule has 0 aromatic heterocycles. The number of para-hydroxylation sites is 1. The van der Waals surface area contributed by atoms with E-state index in [1.807, 2.05) is 60.7 Å². The van der Waals surface area contributed by atoms with Crippen molar-refractivity contribution in [3.63, 3.8) is 0 Å². The van der Waals surface area contributed by atoms with Crippen LogP contribution in [-0.2, 0) is 25.5 Å². The Morgan fingerprint density at radius 3 is 2.47 bits per heavy atom. The lowest BCUT2D eigenvalue weighted by molar-refractivity contribution is -0.138. The van der Waals surface area contributed by atoms with Gasteiger partial charge in [-0.05, 0) is 56.1 Å². The first kappa shape index (κ1) is 24.3. The molecule has 2 aromatic rings. The first-order valence-electron chi connectivity index (χ1n) is 12.7. The summed E-state index contributed by atoms with van der Waals surface area (Å²) >= 11 is 0. The fraction of sp³-hybridized carbons (Fsp3) is 0.379. The highest BCUT2D eigenvalue weighted by Crippen LogP contribution is 2.47. The molecule has 1 amide bonds. The molecule has 7 heteroatoms. The van der Waals surface area contributed by atoms with Crippen LogP contribution in [0.25, 0.3) is 0 Å². The van der Waals surface area contributed by atoms with Gasteiger partial charge in [-0.15, -0.1) is 0 Å². The lowest BCUT2D eigenvalue weighted by atomic mass is 9.79. The van der Waals surface area contributed by atoms with Gasteiger partial charge in [0.1, 0.15) is 11.7 Å². The normalized spacial score (nSPS) is 23.6. The van der Waals surface area contributed by atoms with Gasteiger partial charge in [-0.25, -0.2) is 4.79 Å². The molecule has 0 aliphatic carbocycles. The summed E-state index contributed by atoms with van der Waals surface area (Å²) in [6.45, 7) is 3.45. The Balaban J connectivity index is 1.46. The van der Waals surface area contributed by atoms with Crippen molar-refractivity contribution in [3.8, 4) is 0 Å². The molecule has 5 rings (SSSR count). The topological polar surface area (TPSA) is 79.9 Å². The number of rotatable bonds is 10. The molecule has 1 fully saturated rings. The maximum absolute atomic E-state index is 13.4. The molecule has 2 bridgehead atoms. The fourth-order valence-corrected chi connectivity index (χ4v) is 5.48. The third-order valence-corrected chi connectivity index (χ3v) is 7.25. The lowest BCUT2D eigenvalue weighted by Crippen LogP contribution is -2.49. The number of fused-ring (bicyclic) bond motifs is 2. The highest BCUT2D eigenvalue weighted by molar-refractivity contribution is 6.07. The van der Waals surface area contributed by atoms with Gasteiger partial charge < -0.3 is 25.0 Å². The zero-order valence-electron chi connectivity index (χ0n) is 20.6. The fourth-order valence-electron chi connectivity index (χ4n) is 5.48. The smallest absolute Gasteiger partial charge is 0.337 e. The predicted molar refractivity (Wildman–Crippen MR) is 138 cm³/mol. The van der Waals surface area contributed by atoms with E-state index in [4.69, 9.17) is 9.47 Å². The lowest BCUT2D eigenvalue weighted by Gasteiger charge is -2.36. The van der Waals surface area contributed by atoms with Crippen LogP contribution < -0.4 is 10.6 Å². The molecular weight excluding hydrogens is 454 g/mol. The molecule has 1 saturated heterocycles. The SMILES string of the molecule is COC(=O)C1=C(C(=O)NCCN2CCCC2)C2C=CC1(C(Cc1ccccc1)Nc1ccccc1)O2. The van der Waals surface area contributed by atoms with Gasteiger partial charge >= 0.3 is 5.97 Å². The highest BCUT2D eigenvalue weighted by atomic mass is 16.5. The van der Waals surface area contributed by atoms with Crippen molar-refractivity contribution in [2.45, 2.75) is 37.0 Å². The number of ether oxygens (including phenoxy) is 2. The van der Waals surface area contributed by atoms with Gasteiger partial charge in [0.05, 0.1) is 24.3 Å². The minimum absolute atomic E-state index is 0.274. The van der Waals surface area contributed by atoms with Gasteiger partial charge in [0, 0.05) is 18.8 Å². The number of nitrogens with one attached hydrogen (secondary N) is 2. The van der Waals surface area contributed by atoms with Crippen molar-refractivity contribution in [2.75, 3.05) is 38.6 Å². The standard InChI is InChI=1S/C29H33N3O4/c1-35-28(34)26-25(27(33)30-16-19-32-17-8-9-18-32)23-14-15-29(26,36-23)24(20-21-10-4-2-5-11-21)31-22-12-6-3-7-13-22/h2-7,10-15,23-24,31H,8-9,16-20H2,1H3,(H,30,33). The summed E-state index contributed by atoms with van der Waals surface area (Å²) in [5, 5.41) is 6.60. The van der Waals surface area contributed by atoms with Crippen LogP contribution in [0.4, 0.5) is 5.69 Å². The first-order valence-corrected chi connectivity index (χ1v) is 12.7. The van der Waals surface area contributed by atoms with Crippen LogP contribution >= 0.6 is 0 Å². The van der Waals surface area contributed by atoms with Gasteiger partial charge in [0.15, 0.2) is 0 Å². The van der Waals surface area contributed by atoms with Crippen LogP contribution in [0.2, 0.25) is 0 Å². The predicted octanol–water partition coefficient (Wildman–Crippen LogP) is 3.10. The molecule has 0 saturated carbocycles. The van der Waals surface area contributed by atoms with Gasteiger partial charge in [0.2, 0.25) is 0 Å². The molecule has 3 aliphatic rings. The Morgan fingerprint density at radius 2 is 1.78 bits per heavy atom. The first-order chi connectivity index (χ1) is 17.6. The van der Waals surface area contributed by atoms with Crippen molar-refractivity contribution in [1.29, 1.82) is 0 Å². The summed E-state index contributed by atoms with van der Waals surface area (Å²) in [6.07, 6.45) is 6.18. The van der Waals surface area contributed by atoms with E-state index in [1.165, 1.54) is 20.0 Å². The van der Waals surface area contributed by atoms with E-state index in [-0.39, 0.29) is 17.5 Å². The summed E-state index contributed by atoms with van der Waals surface area (Å²) < 4.78 is 11.7. The molecule has 3 unspecified atom stereocenters. The molecule has 3 heterocycles. The Kier molecular flexibility index (Phi) is 7.20. The second kappa shape index (κ2) is 10.7. The zero-order chi connectivity index (χ0) is 25.0. The number of hydrogen-bond donors (Lipinski definition) is 2. The van der Waals surface area contributed by atoms with Crippen LogP contribution in [0.3, 0.4) is 0 Å². The molecule has 3 atom stereocenters. The minimum Gasteiger partial charge on any atom is -0.466 e. The molecule has 3 aliphatic heterocycles. The Labute approximate surface area is 212 Å². The van der Waals surface area contributed by atoms with Gasteiger partial charge in [-0.3, -0.25) is 4.79 Å². The third-order valence-electron chi connectivity index (χ3n) is 7.25. The summed E-state index contributed by atoms with van der Waals surface area (Å²) in [6, 6.07) is 19.5. The van der Waals surface area contributed by atoms with Gasteiger partial charge in [-0.2, -0.15) is 0 Å². The third kappa shape index (κ3) is 4.81. The van der Waals surface area contributed by atoms with E-state index in [0.717, 1.165) is 30.9 Å². The van der Waals surface area contributed by atoms with E-state index in [1.54, 1.807) is 0 Å². The number of carbonyl (C=O) groups is 2. The zero-order valence-corrected chi connectivity index (χ0v) is 20.6. The van der Waals surface area contributed by atoms with Crippen LogP contribution in [0.15, 0.2) is 84.0 Å². The number of nitrogens with zero attached hydrogens (tertiary/aromatic N) is 1. The van der Waals surface area contributed by atoms with Crippen LogP contribution in [0.5, 0.6) is 0 Å². The number of likely N-dealkylation sites (tertiary alicyclic amines) is 1. The highest BCUT2D eigenvalue weighted by Gasteiger charge is 2.58. The number of methoxy groups -OCH3 is 1. The van der Waals surface area contributed by atoms with Crippen LogP contribution in [-0.4, -0.2) is 67.8 Å². The van der Waals surface area contributed by atoms with E-state index in [2.05, 4.69) is 27.7 Å². The Morgan fingerprint density at radius 1 is 1.08 bits per heavy atom. The number of anilines is 1. The second-order valence-corrected chi connectivity index (χ2v) is 9.53. The largest absolute Gasteiger partial charge is 0.466 e. The molecule has 0 radical (unpaired) electrons. The quantitative estimate of drug-likeness (QED) is 0.396. The molecule has 0 spiro atoms. The number of carbonyl (C=O) groups excluding carboxylic acids is 2. The maximum Gasteiger partial charge on any atom is 0.337 e. The van der Waals surface area contributed by atoms with Crippen molar-refractivity contribution < 1.29 is 19.1 Å². The molecule has 188 valence electrons. The Hall–Kier alpha value is -3.42. The molecule has 7 nitrogen and oxygen atoms in total. The summed E-state index contributed by atoms with van der Waals surface area (Å²) in [5.41, 5.74) is 1.49. The van der Waals surface area contributed by atoms with Crippen molar-refractivity contribution in [1.82, 2.24) is 10.2 Å². The molecule has 2 N–H and O–H groups in total. The van der Waals surface area contributed by atoms with E-state index < -0.39 is 17.7 Å². The van der Waals surface area contributed by atoms with Crippen molar-refractivity contribution >= 4 is 17.6 Å². The van der Waals surface area contributed by atoms with Gasteiger partial charge in [0.25, 0.3) is 5.91 Å². The second-order valence-electron chi connectivity index (χ2n) is 9.53. The van der Waals surface area contributed by atoms with E-state index in [0.29, 0.717) is 18.5 Å². The molecule has 2 aromatic carbocycles. The number of hydrogen-bond acceptors (Lipinski definition) is 6. The number of esters is 1. The van der Waals surface area contributed by atoms with E-state index >= 15 is 0 Å². The van der Waals surface area contributed by atoms with Gasteiger partial charge in [-0.1, -0.05) is 54.6 Å².